The molecule has 0 aromatic carbocycles. The molecule has 0 saturated carbocycles. The van der Waals surface area contributed by atoms with E-state index >= 15 is 0 Å². The number of rotatable bonds is 2. The maximum absolute atomic E-state index is 5.32. The standard InChI is InChI=1S/C5H10N2S2.2BrH/c6-1-3-8-5-7-2-4-9-5;;/h1-4,6H2;2*1H. The van der Waals surface area contributed by atoms with Gasteiger partial charge < -0.3 is 5.73 Å². The number of nitrogens with zero attached hydrogens (tertiary/aromatic N) is 1. The molecule has 6 heteroatoms. The summed E-state index contributed by atoms with van der Waals surface area (Å²) in [5.74, 6) is 2.17. The lowest BCUT2D eigenvalue weighted by Crippen LogP contribution is -2.02. The molecule has 0 aliphatic carbocycles. The molecule has 1 aliphatic heterocycles. The first-order valence-corrected chi connectivity index (χ1v) is 4.90. The fourth-order valence-corrected chi connectivity index (χ4v) is 2.40. The van der Waals surface area contributed by atoms with Crippen LogP contribution in [0.5, 0.6) is 0 Å². The van der Waals surface area contributed by atoms with Crippen LogP contribution < -0.4 is 5.73 Å². The molecule has 0 radical (unpaired) electrons. The second-order valence-electron chi connectivity index (χ2n) is 1.63. The van der Waals surface area contributed by atoms with Crippen LogP contribution in [-0.2, 0) is 0 Å². The van der Waals surface area contributed by atoms with Gasteiger partial charge in [-0.05, 0) is 0 Å². The maximum atomic E-state index is 5.32. The fourth-order valence-electron chi connectivity index (χ4n) is 0.549. The summed E-state index contributed by atoms with van der Waals surface area (Å²) in [5.41, 5.74) is 5.32. The SMILES string of the molecule is Br.Br.NCCSC1=NCCS1. The van der Waals surface area contributed by atoms with E-state index in [1.54, 1.807) is 11.8 Å². The molecular weight excluding hydrogens is 312 g/mol. The second-order valence-corrected chi connectivity index (χ2v) is 4.06. The highest BCUT2D eigenvalue weighted by molar-refractivity contribution is 8.93. The summed E-state index contributed by atoms with van der Waals surface area (Å²) in [6.45, 7) is 1.75. The molecule has 2 N–H and O–H groups in total. The van der Waals surface area contributed by atoms with Crippen molar-refractivity contribution in [3.63, 3.8) is 0 Å². The molecule has 1 rings (SSSR count). The van der Waals surface area contributed by atoms with E-state index in [1.807, 2.05) is 11.8 Å². The third kappa shape index (κ3) is 6.45. The van der Waals surface area contributed by atoms with Crippen molar-refractivity contribution in [2.75, 3.05) is 24.6 Å². The van der Waals surface area contributed by atoms with Crippen molar-refractivity contribution in [1.82, 2.24) is 0 Å². The zero-order valence-corrected chi connectivity index (χ0v) is 11.0. The van der Waals surface area contributed by atoms with Gasteiger partial charge in [-0.1, -0.05) is 23.5 Å². The summed E-state index contributed by atoms with van der Waals surface area (Å²) < 4.78 is 1.22. The average molecular weight is 324 g/mol. The van der Waals surface area contributed by atoms with Gasteiger partial charge in [0.1, 0.15) is 4.38 Å². The highest BCUT2D eigenvalue weighted by atomic mass is 79.9. The highest BCUT2D eigenvalue weighted by Gasteiger charge is 2.05. The Balaban J connectivity index is 0. The molecule has 11 heavy (non-hydrogen) atoms. The lowest BCUT2D eigenvalue weighted by Gasteiger charge is -1.94. The van der Waals surface area contributed by atoms with Crippen LogP contribution in [0.4, 0.5) is 0 Å². The first kappa shape index (κ1) is 14.8. The molecule has 0 aromatic rings. The Morgan fingerprint density at radius 2 is 2.27 bits per heavy atom. The van der Waals surface area contributed by atoms with Crippen molar-refractivity contribution >= 4 is 61.9 Å². The molecule has 68 valence electrons. The van der Waals surface area contributed by atoms with Crippen molar-refractivity contribution in [1.29, 1.82) is 0 Å². The Morgan fingerprint density at radius 1 is 1.55 bits per heavy atom. The largest absolute Gasteiger partial charge is 0.330 e. The van der Waals surface area contributed by atoms with Gasteiger partial charge in [0.05, 0.1) is 6.54 Å². The fraction of sp³-hybridized carbons (Fsp3) is 0.800. The number of hydrogen-bond donors (Lipinski definition) is 1. The lowest BCUT2D eigenvalue weighted by atomic mass is 10.8. The predicted octanol–water partition coefficient (Wildman–Crippen LogP) is 1.94. The third-order valence-corrected chi connectivity index (χ3v) is 3.19. The Bertz CT molecular complexity index is 121. The van der Waals surface area contributed by atoms with Gasteiger partial charge in [0.2, 0.25) is 0 Å². The lowest BCUT2D eigenvalue weighted by molar-refractivity contribution is 1.15. The molecule has 0 fully saturated rings. The van der Waals surface area contributed by atoms with Gasteiger partial charge in [0.25, 0.3) is 0 Å². The molecule has 0 saturated heterocycles. The van der Waals surface area contributed by atoms with E-state index in [9.17, 15) is 0 Å². The van der Waals surface area contributed by atoms with Crippen molar-refractivity contribution in [2.45, 2.75) is 0 Å². The summed E-state index contributed by atoms with van der Waals surface area (Å²) in [4.78, 5) is 4.26. The van der Waals surface area contributed by atoms with Crippen LogP contribution in [0.3, 0.4) is 0 Å². The summed E-state index contributed by atoms with van der Waals surface area (Å²) in [6.07, 6.45) is 0. The second kappa shape index (κ2) is 9.38. The summed E-state index contributed by atoms with van der Waals surface area (Å²) in [5, 5.41) is 0. The topological polar surface area (TPSA) is 38.4 Å². The molecule has 1 heterocycles. The van der Waals surface area contributed by atoms with E-state index in [0.29, 0.717) is 0 Å². The first-order chi connectivity index (χ1) is 4.43. The Hall–Kier alpha value is 1.29. The van der Waals surface area contributed by atoms with Crippen LogP contribution in [0.2, 0.25) is 0 Å². The van der Waals surface area contributed by atoms with Gasteiger partial charge in [0.15, 0.2) is 0 Å². The van der Waals surface area contributed by atoms with Crippen LogP contribution in [0.1, 0.15) is 0 Å². The van der Waals surface area contributed by atoms with Gasteiger partial charge in [-0.3, -0.25) is 4.99 Å². The molecule has 0 amide bonds. The van der Waals surface area contributed by atoms with E-state index in [1.165, 1.54) is 4.38 Å². The van der Waals surface area contributed by atoms with Gasteiger partial charge >= 0.3 is 0 Å². The Morgan fingerprint density at radius 3 is 2.73 bits per heavy atom. The molecule has 0 atom stereocenters. The van der Waals surface area contributed by atoms with E-state index in [0.717, 1.165) is 24.6 Å². The molecular formula is C5H12Br2N2S2. The number of thioether (sulfide) groups is 2. The number of halogens is 2. The van der Waals surface area contributed by atoms with Crippen LogP contribution in [0.15, 0.2) is 4.99 Å². The zero-order valence-electron chi connectivity index (χ0n) is 5.99. The molecule has 0 unspecified atom stereocenters. The number of nitrogens with two attached hydrogens (primary N) is 1. The van der Waals surface area contributed by atoms with Gasteiger partial charge in [-0.2, -0.15) is 0 Å². The number of hydrogen-bond acceptors (Lipinski definition) is 4. The number of aliphatic imine (C=N–C) groups is 1. The molecule has 1 aliphatic rings. The minimum atomic E-state index is 0. The van der Waals surface area contributed by atoms with E-state index in [4.69, 9.17) is 5.73 Å². The van der Waals surface area contributed by atoms with Gasteiger partial charge in [-0.25, -0.2) is 0 Å². The predicted molar refractivity (Wildman–Crippen MR) is 66.9 cm³/mol. The highest BCUT2D eigenvalue weighted by Crippen LogP contribution is 2.20. The van der Waals surface area contributed by atoms with Crippen molar-refractivity contribution < 1.29 is 0 Å². The summed E-state index contributed by atoms with van der Waals surface area (Å²) >= 11 is 3.61. The van der Waals surface area contributed by atoms with Crippen molar-refractivity contribution in [3.05, 3.63) is 0 Å². The minimum absolute atomic E-state index is 0. The third-order valence-electron chi connectivity index (χ3n) is 0.901. The van der Waals surface area contributed by atoms with Crippen molar-refractivity contribution in [3.8, 4) is 0 Å². The van der Waals surface area contributed by atoms with E-state index in [-0.39, 0.29) is 34.0 Å². The zero-order chi connectivity index (χ0) is 6.53. The normalized spacial score (nSPS) is 14.8. The smallest absolute Gasteiger partial charge is 0.124 e. The monoisotopic (exact) mass is 322 g/mol. The Kier molecular flexibility index (Phi) is 12.6. The summed E-state index contributed by atoms with van der Waals surface area (Å²) in [6, 6.07) is 0. The Labute approximate surface area is 96.7 Å². The molecule has 0 aromatic heterocycles. The minimum Gasteiger partial charge on any atom is -0.330 e. The maximum Gasteiger partial charge on any atom is 0.124 e. The average Bonchev–Trinajstić information content (AvgIpc) is 2.34. The van der Waals surface area contributed by atoms with Gasteiger partial charge in [0, 0.05) is 18.1 Å². The van der Waals surface area contributed by atoms with Gasteiger partial charge in [-0.15, -0.1) is 34.0 Å². The van der Waals surface area contributed by atoms with E-state index in [2.05, 4.69) is 4.99 Å². The molecule has 0 bridgehead atoms. The van der Waals surface area contributed by atoms with Crippen LogP contribution in [0, 0.1) is 0 Å². The first-order valence-electron chi connectivity index (χ1n) is 2.93. The molecule has 0 spiro atoms. The van der Waals surface area contributed by atoms with E-state index < -0.39 is 0 Å². The van der Waals surface area contributed by atoms with Crippen LogP contribution in [0.25, 0.3) is 0 Å². The van der Waals surface area contributed by atoms with Crippen LogP contribution in [-0.4, -0.2) is 29.0 Å². The quantitative estimate of drug-likeness (QED) is 0.844. The van der Waals surface area contributed by atoms with Crippen LogP contribution >= 0.6 is 57.5 Å². The summed E-state index contributed by atoms with van der Waals surface area (Å²) in [7, 11) is 0. The molecule has 2 nitrogen and oxygen atoms in total. The van der Waals surface area contributed by atoms with Crippen molar-refractivity contribution in [2.24, 2.45) is 10.7 Å².